The number of hydrogen-bond acceptors (Lipinski definition) is 4. The van der Waals surface area contributed by atoms with Crippen LogP contribution in [-0.4, -0.2) is 43.1 Å². The molecule has 40 heavy (non-hydrogen) atoms. The minimum absolute atomic E-state index is 0.00872. The molecule has 7 nitrogen and oxygen atoms in total. The molecular formula is C32H41N2O5P. The van der Waals surface area contributed by atoms with Crippen molar-refractivity contribution in [1.29, 1.82) is 0 Å². The Balaban J connectivity index is 1.67. The lowest BCUT2D eigenvalue weighted by atomic mass is 9.97. The van der Waals surface area contributed by atoms with E-state index in [0.717, 1.165) is 23.1 Å². The SMILES string of the molecule is CNC(=O)[C@H](Cc1ccc(OC)cc1)NC(=O)[C@H](CC(C)C)CP(=O)(O)Cc1ccc(Cc2ccccc2)cc1. The van der Waals surface area contributed by atoms with Gasteiger partial charge < -0.3 is 20.3 Å². The molecule has 1 unspecified atom stereocenters. The highest BCUT2D eigenvalue weighted by molar-refractivity contribution is 7.57. The zero-order valence-electron chi connectivity index (χ0n) is 23.8. The lowest BCUT2D eigenvalue weighted by molar-refractivity contribution is -0.130. The summed E-state index contributed by atoms with van der Waals surface area (Å²) >= 11 is 0. The molecule has 0 saturated carbocycles. The van der Waals surface area contributed by atoms with E-state index in [1.807, 2.05) is 68.4 Å². The molecule has 3 aromatic rings. The van der Waals surface area contributed by atoms with Crippen LogP contribution >= 0.6 is 7.37 Å². The molecule has 0 heterocycles. The average molecular weight is 565 g/mol. The lowest BCUT2D eigenvalue weighted by Crippen LogP contribution is -2.49. The first-order chi connectivity index (χ1) is 19.1. The van der Waals surface area contributed by atoms with Crippen molar-refractivity contribution in [1.82, 2.24) is 10.6 Å². The minimum Gasteiger partial charge on any atom is -0.497 e. The molecule has 0 aromatic heterocycles. The van der Waals surface area contributed by atoms with Crippen molar-refractivity contribution in [3.8, 4) is 5.75 Å². The summed E-state index contributed by atoms with van der Waals surface area (Å²) < 4.78 is 18.6. The van der Waals surface area contributed by atoms with Crippen molar-refractivity contribution >= 4 is 19.2 Å². The van der Waals surface area contributed by atoms with Gasteiger partial charge in [0.15, 0.2) is 0 Å². The van der Waals surface area contributed by atoms with Gasteiger partial charge in [0.05, 0.1) is 7.11 Å². The Kier molecular flexibility index (Phi) is 11.5. The number of rotatable bonds is 14. The number of nitrogens with one attached hydrogen (secondary N) is 2. The van der Waals surface area contributed by atoms with Crippen LogP contribution < -0.4 is 15.4 Å². The van der Waals surface area contributed by atoms with E-state index in [2.05, 4.69) is 22.8 Å². The standard InChI is InChI=1S/C32H41N2O5P/c1-23(2)18-28(31(35)34-30(32(36)33-3)20-26-14-16-29(39-4)17-15-26)22-40(37,38)21-27-12-10-25(11-13-27)19-24-8-6-5-7-9-24/h5-17,23,28,30H,18-22H2,1-4H3,(H,33,36)(H,34,35)(H,37,38)/t28-,30+/m1/s1. The summed E-state index contributed by atoms with van der Waals surface area (Å²) in [6, 6.07) is 24.4. The van der Waals surface area contributed by atoms with Crippen LogP contribution in [0.1, 0.15) is 42.5 Å². The van der Waals surface area contributed by atoms with Crippen molar-refractivity contribution < 1.29 is 23.8 Å². The van der Waals surface area contributed by atoms with E-state index in [1.165, 1.54) is 12.6 Å². The Morgan fingerprint density at radius 2 is 1.43 bits per heavy atom. The first-order valence-corrected chi connectivity index (χ1v) is 15.7. The number of amides is 2. The predicted molar refractivity (Wildman–Crippen MR) is 160 cm³/mol. The molecule has 214 valence electrons. The fourth-order valence-corrected chi connectivity index (χ4v) is 6.71. The summed E-state index contributed by atoms with van der Waals surface area (Å²) in [6.07, 6.45) is 1.36. The lowest BCUT2D eigenvalue weighted by Gasteiger charge is -2.25. The maximum atomic E-state index is 13.4. The molecule has 0 bridgehead atoms. The molecule has 0 aliphatic carbocycles. The van der Waals surface area contributed by atoms with E-state index in [1.54, 1.807) is 19.2 Å². The Bertz CT molecular complexity index is 1280. The predicted octanol–water partition coefficient (Wildman–Crippen LogP) is 5.19. The zero-order chi connectivity index (χ0) is 29.1. The van der Waals surface area contributed by atoms with Gasteiger partial charge in [-0.05, 0) is 53.1 Å². The van der Waals surface area contributed by atoms with Crippen LogP contribution in [0.25, 0.3) is 0 Å². The van der Waals surface area contributed by atoms with Gasteiger partial charge in [0.2, 0.25) is 19.2 Å². The van der Waals surface area contributed by atoms with Crippen molar-refractivity contribution in [2.24, 2.45) is 11.8 Å². The summed E-state index contributed by atoms with van der Waals surface area (Å²) in [6.45, 7) is 3.95. The Labute approximate surface area is 237 Å². The Morgan fingerprint density at radius 3 is 2.00 bits per heavy atom. The maximum absolute atomic E-state index is 13.4. The topological polar surface area (TPSA) is 105 Å². The highest BCUT2D eigenvalue weighted by Gasteiger charge is 2.32. The summed E-state index contributed by atoms with van der Waals surface area (Å²) in [5.41, 5.74) is 3.94. The number of hydrogen-bond donors (Lipinski definition) is 3. The molecule has 2 amide bonds. The van der Waals surface area contributed by atoms with Crippen LogP contribution in [0, 0.1) is 11.8 Å². The highest BCUT2D eigenvalue weighted by Crippen LogP contribution is 2.47. The maximum Gasteiger partial charge on any atom is 0.242 e. The quantitative estimate of drug-likeness (QED) is 0.234. The molecular weight excluding hydrogens is 523 g/mol. The molecule has 0 spiro atoms. The number of ether oxygens (including phenoxy) is 1. The number of carbonyl (C=O) groups excluding carboxylic acids is 2. The van der Waals surface area contributed by atoms with E-state index in [9.17, 15) is 19.0 Å². The molecule has 0 aliphatic rings. The average Bonchev–Trinajstić information content (AvgIpc) is 2.93. The largest absolute Gasteiger partial charge is 0.497 e. The molecule has 8 heteroatoms. The van der Waals surface area contributed by atoms with E-state index in [-0.39, 0.29) is 36.5 Å². The second-order valence-corrected chi connectivity index (χ2v) is 13.1. The second kappa shape index (κ2) is 14.8. The molecule has 3 N–H and O–H groups in total. The fraction of sp³-hybridized carbons (Fsp3) is 0.375. The second-order valence-electron chi connectivity index (χ2n) is 10.7. The third-order valence-electron chi connectivity index (χ3n) is 6.81. The van der Waals surface area contributed by atoms with Gasteiger partial charge in [-0.2, -0.15) is 0 Å². The number of likely N-dealkylation sites (N-methyl/N-ethyl adjacent to an activating group) is 1. The van der Waals surface area contributed by atoms with Gasteiger partial charge in [-0.1, -0.05) is 80.6 Å². The van der Waals surface area contributed by atoms with Crippen LogP contribution in [0.5, 0.6) is 5.75 Å². The van der Waals surface area contributed by atoms with Crippen LogP contribution in [-0.2, 0) is 33.2 Å². The van der Waals surface area contributed by atoms with E-state index < -0.39 is 19.3 Å². The third kappa shape index (κ3) is 9.96. The van der Waals surface area contributed by atoms with Gasteiger partial charge in [-0.3, -0.25) is 14.2 Å². The highest BCUT2D eigenvalue weighted by atomic mass is 31.2. The van der Waals surface area contributed by atoms with Gasteiger partial charge in [-0.15, -0.1) is 0 Å². The number of methoxy groups -OCH3 is 1. The first kappa shape index (κ1) is 31.1. The molecule has 0 radical (unpaired) electrons. The summed E-state index contributed by atoms with van der Waals surface area (Å²) in [5.74, 6) is -0.575. The summed E-state index contributed by atoms with van der Waals surface area (Å²) in [5, 5.41) is 5.46. The molecule has 3 rings (SSSR count). The molecule has 0 fully saturated rings. The Hall–Kier alpha value is -3.41. The zero-order valence-corrected chi connectivity index (χ0v) is 24.7. The van der Waals surface area contributed by atoms with Crippen LogP contribution in [0.2, 0.25) is 0 Å². The fourth-order valence-electron chi connectivity index (χ4n) is 4.79. The monoisotopic (exact) mass is 564 g/mol. The van der Waals surface area contributed by atoms with Crippen LogP contribution in [0.15, 0.2) is 78.9 Å². The van der Waals surface area contributed by atoms with Gasteiger partial charge in [0.25, 0.3) is 0 Å². The van der Waals surface area contributed by atoms with Crippen molar-refractivity contribution in [2.45, 2.75) is 45.3 Å². The smallest absolute Gasteiger partial charge is 0.242 e. The van der Waals surface area contributed by atoms with Gasteiger partial charge in [0.1, 0.15) is 11.8 Å². The first-order valence-electron chi connectivity index (χ1n) is 13.7. The molecule has 0 saturated heterocycles. The van der Waals surface area contributed by atoms with Crippen molar-refractivity contribution in [3.63, 3.8) is 0 Å². The van der Waals surface area contributed by atoms with E-state index >= 15 is 0 Å². The Morgan fingerprint density at radius 1 is 0.850 bits per heavy atom. The van der Waals surface area contributed by atoms with E-state index in [0.29, 0.717) is 12.2 Å². The van der Waals surface area contributed by atoms with Crippen LogP contribution in [0.3, 0.4) is 0 Å². The molecule has 0 aliphatic heterocycles. The molecule has 3 atom stereocenters. The summed E-state index contributed by atoms with van der Waals surface area (Å²) in [7, 11) is -0.584. The van der Waals surface area contributed by atoms with Crippen LogP contribution in [0.4, 0.5) is 0 Å². The normalized spacial score (nSPS) is 14.2. The van der Waals surface area contributed by atoms with Gasteiger partial charge in [0, 0.05) is 31.7 Å². The summed E-state index contributed by atoms with van der Waals surface area (Å²) in [4.78, 5) is 37.0. The minimum atomic E-state index is -3.69. The van der Waals surface area contributed by atoms with Crippen molar-refractivity contribution in [2.75, 3.05) is 20.3 Å². The van der Waals surface area contributed by atoms with E-state index in [4.69, 9.17) is 4.74 Å². The van der Waals surface area contributed by atoms with Gasteiger partial charge >= 0.3 is 0 Å². The third-order valence-corrected chi connectivity index (χ3v) is 8.68. The number of carbonyl (C=O) groups is 2. The molecule has 3 aromatic carbocycles. The number of benzene rings is 3. The van der Waals surface area contributed by atoms with Crippen molar-refractivity contribution in [3.05, 3.63) is 101 Å². The van der Waals surface area contributed by atoms with Gasteiger partial charge in [-0.25, -0.2) is 0 Å².